The van der Waals surface area contributed by atoms with Gasteiger partial charge in [0.1, 0.15) is 11.3 Å². The van der Waals surface area contributed by atoms with Crippen LogP contribution in [0.2, 0.25) is 0 Å². The average molecular weight is 277 g/mol. The summed E-state index contributed by atoms with van der Waals surface area (Å²) in [5.74, 6) is 0.723. The number of nitrogens with two attached hydrogens (primary N) is 2. The summed E-state index contributed by atoms with van der Waals surface area (Å²) in [6.07, 6.45) is 0. The molecule has 0 radical (unpaired) electrons. The first-order valence-electron chi connectivity index (χ1n) is 6.64. The monoisotopic (exact) mass is 277 g/mol. The maximum Gasteiger partial charge on any atom is 0.136 e. The molecule has 1 unspecified atom stereocenters. The van der Waals surface area contributed by atoms with Crippen LogP contribution < -0.4 is 11.5 Å². The second-order valence-corrected chi connectivity index (χ2v) is 5.06. The second kappa shape index (κ2) is 4.97. The Morgan fingerprint density at radius 1 is 1.14 bits per heavy atom. The summed E-state index contributed by atoms with van der Waals surface area (Å²) >= 11 is 0. The third kappa shape index (κ3) is 2.24. The van der Waals surface area contributed by atoms with Crippen LogP contribution in [0.5, 0.6) is 0 Å². The molecule has 1 heterocycles. The number of furan rings is 1. The van der Waals surface area contributed by atoms with Crippen LogP contribution in [0.25, 0.3) is 11.0 Å². The van der Waals surface area contributed by atoms with Crippen molar-refractivity contribution in [1.82, 2.24) is 0 Å². The Morgan fingerprint density at radius 2 is 1.86 bits per heavy atom. The molecule has 21 heavy (non-hydrogen) atoms. The van der Waals surface area contributed by atoms with E-state index in [4.69, 9.17) is 21.1 Å². The van der Waals surface area contributed by atoms with Gasteiger partial charge in [0.15, 0.2) is 0 Å². The van der Waals surface area contributed by atoms with Crippen molar-refractivity contribution in [2.24, 2.45) is 5.73 Å². The summed E-state index contributed by atoms with van der Waals surface area (Å²) in [6.45, 7) is 1.99. The minimum atomic E-state index is -0.369. The highest BCUT2D eigenvalue weighted by molar-refractivity contribution is 5.85. The second-order valence-electron chi connectivity index (χ2n) is 5.06. The summed E-state index contributed by atoms with van der Waals surface area (Å²) in [5.41, 5.74) is 16.0. The van der Waals surface area contributed by atoms with Gasteiger partial charge in [0.05, 0.1) is 17.7 Å². The smallest absolute Gasteiger partial charge is 0.136 e. The molecule has 1 atom stereocenters. The molecule has 0 saturated carbocycles. The van der Waals surface area contributed by atoms with E-state index in [2.05, 4.69) is 6.07 Å². The molecule has 0 aliphatic rings. The quantitative estimate of drug-likeness (QED) is 0.704. The number of benzene rings is 2. The highest BCUT2D eigenvalue weighted by Crippen LogP contribution is 2.32. The summed E-state index contributed by atoms with van der Waals surface area (Å²) < 4.78 is 5.88. The van der Waals surface area contributed by atoms with Crippen molar-refractivity contribution in [3.8, 4) is 6.07 Å². The standard InChI is InChI=1S/C17H15N3O/c1-10-14-7-6-13(19)8-15(14)21-17(10)16(20)12-4-2-11(9-18)3-5-12/h2-8,16H,19-20H2,1H3. The first-order chi connectivity index (χ1) is 10.1. The van der Waals surface area contributed by atoms with Gasteiger partial charge in [-0.25, -0.2) is 0 Å². The number of aryl methyl sites for hydroxylation is 1. The summed E-state index contributed by atoms with van der Waals surface area (Å²) in [6, 6.07) is 14.5. The van der Waals surface area contributed by atoms with E-state index >= 15 is 0 Å². The van der Waals surface area contributed by atoms with Gasteiger partial charge in [0, 0.05) is 22.7 Å². The topological polar surface area (TPSA) is 89.0 Å². The first kappa shape index (κ1) is 13.2. The number of nitriles is 1. The Hall–Kier alpha value is -2.77. The molecule has 3 aromatic rings. The van der Waals surface area contributed by atoms with Crippen LogP contribution in [0.4, 0.5) is 5.69 Å². The number of nitrogens with zero attached hydrogens (tertiary/aromatic N) is 1. The van der Waals surface area contributed by atoms with Gasteiger partial charge in [-0.3, -0.25) is 0 Å². The lowest BCUT2D eigenvalue weighted by Crippen LogP contribution is -2.11. The maximum atomic E-state index is 8.84. The minimum Gasteiger partial charge on any atom is -0.459 e. The highest BCUT2D eigenvalue weighted by atomic mass is 16.3. The molecule has 0 aliphatic heterocycles. The maximum absolute atomic E-state index is 8.84. The molecule has 0 amide bonds. The first-order valence-corrected chi connectivity index (χ1v) is 6.64. The van der Waals surface area contributed by atoms with E-state index in [1.54, 1.807) is 18.2 Å². The lowest BCUT2D eigenvalue weighted by atomic mass is 10.0. The molecule has 0 fully saturated rings. The third-order valence-corrected chi connectivity index (χ3v) is 3.68. The number of nitrogen functional groups attached to an aromatic ring is 1. The van der Waals surface area contributed by atoms with Crippen molar-refractivity contribution in [1.29, 1.82) is 5.26 Å². The minimum absolute atomic E-state index is 0.369. The molecule has 4 nitrogen and oxygen atoms in total. The summed E-state index contributed by atoms with van der Waals surface area (Å²) in [5, 5.41) is 9.85. The van der Waals surface area contributed by atoms with Crippen LogP contribution in [-0.4, -0.2) is 0 Å². The number of hydrogen-bond donors (Lipinski definition) is 2. The zero-order chi connectivity index (χ0) is 15.0. The SMILES string of the molecule is Cc1c(C(N)c2ccc(C#N)cc2)oc2cc(N)ccc12. The third-order valence-electron chi connectivity index (χ3n) is 3.68. The molecule has 3 rings (SSSR count). The van der Waals surface area contributed by atoms with Crippen LogP contribution in [0.15, 0.2) is 46.9 Å². The largest absolute Gasteiger partial charge is 0.459 e. The molecule has 0 aliphatic carbocycles. The molecule has 1 aromatic heterocycles. The van der Waals surface area contributed by atoms with Crippen LogP contribution in [-0.2, 0) is 0 Å². The van der Waals surface area contributed by atoms with Crippen molar-refractivity contribution >= 4 is 16.7 Å². The number of anilines is 1. The summed E-state index contributed by atoms with van der Waals surface area (Å²) in [4.78, 5) is 0. The number of fused-ring (bicyclic) bond motifs is 1. The van der Waals surface area contributed by atoms with Crippen molar-refractivity contribution < 1.29 is 4.42 Å². The van der Waals surface area contributed by atoms with Crippen molar-refractivity contribution in [3.05, 3.63) is 64.9 Å². The van der Waals surface area contributed by atoms with Crippen molar-refractivity contribution in [3.63, 3.8) is 0 Å². The van der Waals surface area contributed by atoms with E-state index in [-0.39, 0.29) is 6.04 Å². The molecule has 0 spiro atoms. The van der Waals surface area contributed by atoms with Crippen molar-refractivity contribution in [2.45, 2.75) is 13.0 Å². The normalized spacial score (nSPS) is 12.2. The van der Waals surface area contributed by atoms with Crippen LogP contribution in [0.1, 0.15) is 28.5 Å². The average Bonchev–Trinajstić information content (AvgIpc) is 2.83. The molecule has 0 saturated heterocycles. The molecule has 2 aromatic carbocycles. The fourth-order valence-corrected chi connectivity index (χ4v) is 2.47. The fourth-order valence-electron chi connectivity index (χ4n) is 2.47. The van der Waals surface area contributed by atoms with E-state index in [0.29, 0.717) is 11.3 Å². The zero-order valence-corrected chi connectivity index (χ0v) is 11.6. The molecule has 4 heteroatoms. The molecular weight excluding hydrogens is 262 g/mol. The van der Waals surface area contributed by atoms with E-state index in [1.807, 2.05) is 31.2 Å². The predicted molar refractivity (Wildman–Crippen MR) is 82.6 cm³/mol. The fraction of sp³-hybridized carbons (Fsp3) is 0.118. The van der Waals surface area contributed by atoms with Crippen LogP contribution in [0, 0.1) is 18.3 Å². The van der Waals surface area contributed by atoms with E-state index in [9.17, 15) is 0 Å². The van der Waals surface area contributed by atoms with E-state index < -0.39 is 0 Å². The van der Waals surface area contributed by atoms with Crippen LogP contribution >= 0.6 is 0 Å². The number of rotatable bonds is 2. The molecular formula is C17H15N3O. The van der Waals surface area contributed by atoms with Crippen LogP contribution in [0.3, 0.4) is 0 Å². The Bertz CT molecular complexity index is 841. The Balaban J connectivity index is 2.06. The van der Waals surface area contributed by atoms with Gasteiger partial charge >= 0.3 is 0 Å². The molecule has 0 bridgehead atoms. The van der Waals surface area contributed by atoms with Gasteiger partial charge in [-0.15, -0.1) is 0 Å². The zero-order valence-electron chi connectivity index (χ0n) is 11.6. The van der Waals surface area contributed by atoms with Gasteiger partial charge in [-0.1, -0.05) is 12.1 Å². The Kier molecular flexibility index (Phi) is 3.13. The van der Waals surface area contributed by atoms with Gasteiger partial charge in [0.2, 0.25) is 0 Å². The number of hydrogen-bond acceptors (Lipinski definition) is 4. The summed E-state index contributed by atoms with van der Waals surface area (Å²) in [7, 11) is 0. The van der Waals surface area contributed by atoms with Gasteiger partial charge in [-0.2, -0.15) is 5.26 Å². The van der Waals surface area contributed by atoms with Crippen molar-refractivity contribution in [2.75, 3.05) is 5.73 Å². The lowest BCUT2D eigenvalue weighted by Gasteiger charge is -2.10. The molecule has 4 N–H and O–H groups in total. The molecule has 104 valence electrons. The van der Waals surface area contributed by atoms with E-state index in [1.165, 1.54) is 0 Å². The van der Waals surface area contributed by atoms with E-state index in [0.717, 1.165) is 27.9 Å². The lowest BCUT2D eigenvalue weighted by molar-refractivity contribution is 0.521. The highest BCUT2D eigenvalue weighted by Gasteiger charge is 2.18. The predicted octanol–water partition coefficient (Wildman–Crippen LogP) is 3.24. The Morgan fingerprint density at radius 3 is 2.52 bits per heavy atom. The van der Waals surface area contributed by atoms with Gasteiger partial charge in [0.25, 0.3) is 0 Å². The van der Waals surface area contributed by atoms with Gasteiger partial charge < -0.3 is 15.9 Å². The van der Waals surface area contributed by atoms with Gasteiger partial charge in [-0.05, 0) is 36.8 Å². The Labute approximate surface area is 122 Å².